The third kappa shape index (κ3) is 7.62. The molecule has 2 amide bonds. The van der Waals surface area contributed by atoms with Crippen molar-refractivity contribution >= 4 is 58.3 Å². The quantitative estimate of drug-likeness (QED) is 0.222. The highest BCUT2D eigenvalue weighted by molar-refractivity contribution is 6.23. The van der Waals surface area contributed by atoms with Crippen LogP contribution in [0.25, 0.3) is 10.9 Å². The molecule has 0 radical (unpaired) electrons. The number of fused-ring (bicyclic) bond motifs is 1. The number of carbonyl (C=O) groups excluding carboxylic acids is 3. The van der Waals surface area contributed by atoms with Gasteiger partial charge in [-0.25, -0.2) is 19.1 Å². The van der Waals surface area contributed by atoms with E-state index in [0.29, 0.717) is 60.6 Å². The number of piperazine rings is 2. The highest BCUT2D eigenvalue weighted by atomic mass is 35.5. The number of amides is 2. The van der Waals surface area contributed by atoms with Gasteiger partial charge >= 0.3 is 12.0 Å². The second kappa shape index (κ2) is 15.6. The highest BCUT2D eigenvalue weighted by Gasteiger charge is 2.29. The molecule has 2 fully saturated rings. The molecule has 258 valence electrons. The lowest BCUT2D eigenvalue weighted by atomic mass is 10.00. The predicted molar refractivity (Wildman–Crippen MR) is 193 cm³/mol. The van der Waals surface area contributed by atoms with Crippen molar-refractivity contribution in [3.8, 4) is 5.88 Å². The number of carbonyl (C=O) groups is 3. The summed E-state index contributed by atoms with van der Waals surface area (Å²) in [7, 11) is 5.16. The first-order chi connectivity index (χ1) is 23.2. The fraction of sp³-hybridized carbons (Fsp3) is 0.333. The van der Waals surface area contributed by atoms with Crippen LogP contribution in [0.15, 0.2) is 77.8 Å². The smallest absolute Gasteiger partial charge is 0.337 e. The predicted octanol–water partition coefficient (Wildman–Crippen LogP) is 3.81. The van der Waals surface area contributed by atoms with Crippen molar-refractivity contribution in [3.63, 3.8) is 0 Å². The summed E-state index contributed by atoms with van der Waals surface area (Å²) in [6.45, 7) is 6.18. The van der Waals surface area contributed by atoms with Crippen LogP contribution in [0, 0.1) is 0 Å². The minimum Gasteiger partial charge on any atom is -0.494 e. The molecule has 12 nitrogen and oxygen atoms in total. The Kier molecular flexibility index (Phi) is 11.4. The van der Waals surface area contributed by atoms with E-state index in [1.165, 1.54) is 11.7 Å². The minimum absolute atomic E-state index is 0. The van der Waals surface area contributed by atoms with Crippen LogP contribution >= 0.6 is 12.4 Å². The lowest BCUT2D eigenvalue weighted by molar-refractivity contribution is -0.119. The molecular formula is C36H42ClN7O5. The van der Waals surface area contributed by atoms with Crippen LogP contribution < -0.4 is 10.2 Å². The molecule has 0 saturated carbocycles. The van der Waals surface area contributed by atoms with Crippen molar-refractivity contribution in [1.82, 2.24) is 24.6 Å². The minimum atomic E-state index is -0.552. The first-order valence-corrected chi connectivity index (χ1v) is 16.1. The number of hydrogen-bond donors (Lipinski definition) is 2. The SMILES string of the molecule is COC(=O)c1ccc2c(C(=Nc3ccc(N(C)C(=O)CN4CCN(C)CC4)cc3)c3ccccc3)c(O)n(C(=O)N3CCNCC3)c2c1.Cl. The van der Waals surface area contributed by atoms with Gasteiger partial charge in [0.05, 0.1) is 41.7 Å². The number of likely N-dealkylation sites (N-methyl/N-ethyl adjacent to an activating group) is 2. The number of aliphatic imine (C=N–C) groups is 1. The maximum absolute atomic E-state index is 13.9. The Morgan fingerprint density at radius 2 is 1.57 bits per heavy atom. The van der Waals surface area contributed by atoms with Gasteiger partial charge in [-0.3, -0.25) is 9.69 Å². The van der Waals surface area contributed by atoms with Crippen LogP contribution in [0.1, 0.15) is 21.5 Å². The van der Waals surface area contributed by atoms with E-state index in [9.17, 15) is 19.5 Å². The molecule has 2 saturated heterocycles. The molecule has 3 heterocycles. The second-order valence-corrected chi connectivity index (χ2v) is 12.2. The average Bonchev–Trinajstić information content (AvgIpc) is 3.41. The Labute approximate surface area is 292 Å². The molecule has 0 spiro atoms. The van der Waals surface area contributed by atoms with Crippen molar-refractivity contribution < 1.29 is 24.2 Å². The molecule has 49 heavy (non-hydrogen) atoms. The average molecular weight is 688 g/mol. The number of rotatable bonds is 7. The number of esters is 1. The van der Waals surface area contributed by atoms with Crippen molar-refractivity contribution in [2.45, 2.75) is 0 Å². The number of benzene rings is 3. The maximum Gasteiger partial charge on any atom is 0.337 e. The van der Waals surface area contributed by atoms with Gasteiger partial charge in [0, 0.05) is 76.0 Å². The van der Waals surface area contributed by atoms with E-state index < -0.39 is 12.0 Å². The van der Waals surface area contributed by atoms with E-state index in [2.05, 4.69) is 22.2 Å². The first kappa shape index (κ1) is 35.6. The van der Waals surface area contributed by atoms with Crippen molar-refractivity contribution in [3.05, 3.63) is 89.5 Å². The standard InChI is InChI=1S/C36H41N7O5.ClH/c1-39-19-21-41(22-20-39)24-31(44)40(2)28-12-10-27(11-13-28)38-33(25-7-5-4-6-8-25)32-29-14-9-26(35(46)48-3)23-30(29)43(34(32)45)36(47)42-17-15-37-16-18-42;/h4-14,23,37,45H,15-22,24H2,1-3H3;1H. The highest BCUT2D eigenvalue weighted by Crippen LogP contribution is 2.36. The van der Waals surface area contributed by atoms with Gasteiger partial charge in [0.25, 0.3) is 0 Å². The Balaban J connectivity index is 0.00000468. The molecule has 0 atom stereocenters. The Morgan fingerprint density at radius 3 is 2.22 bits per heavy atom. The monoisotopic (exact) mass is 687 g/mol. The van der Waals surface area contributed by atoms with E-state index in [0.717, 1.165) is 37.4 Å². The van der Waals surface area contributed by atoms with Crippen LogP contribution in [-0.2, 0) is 9.53 Å². The zero-order valence-corrected chi connectivity index (χ0v) is 28.8. The van der Waals surface area contributed by atoms with Gasteiger partial charge in [-0.05, 0) is 43.4 Å². The molecule has 2 aliphatic rings. The van der Waals surface area contributed by atoms with Gasteiger partial charge in [0.1, 0.15) is 0 Å². The summed E-state index contributed by atoms with van der Waals surface area (Å²) in [5.74, 6) is -0.813. The van der Waals surface area contributed by atoms with Gasteiger partial charge in [0.15, 0.2) is 0 Å². The summed E-state index contributed by atoms with van der Waals surface area (Å²) in [6.07, 6.45) is 0. The molecule has 4 aromatic rings. The summed E-state index contributed by atoms with van der Waals surface area (Å²) in [6, 6.07) is 21.3. The molecule has 0 bridgehead atoms. The molecular weight excluding hydrogens is 646 g/mol. The van der Waals surface area contributed by atoms with Crippen molar-refractivity contribution in [2.75, 3.05) is 85.0 Å². The number of nitrogens with zero attached hydrogens (tertiary/aromatic N) is 6. The van der Waals surface area contributed by atoms with E-state index in [4.69, 9.17) is 9.73 Å². The zero-order chi connectivity index (χ0) is 33.8. The number of methoxy groups -OCH3 is 1. The Hall–Kier alpha value is -4.75. The number of nitrogens with one attached hydrogen (secondary N) is 1. The van der Waals surface area contributed by atoms with E-state index in [-0.39, 0.29) is 29.8 Å². The number of ether oxygens (including phenoxy) is 1. The Bertz CT molecular complexity index is 1830. The van der Waals surface area contributed by atoms with Crippen LogP contribution in [0.5, 0.6) is 5.88 Å². The van der Waals surface area contributed by atoms with Gasteiger partial charge < -0.3 is 29.9 Å². The van der Waals surface area contributed by atoms with Gasteiger partial charge in [-0.15, -0.1) is 12.4 Å². The van der Waals surface area contributed by atoms with Gasteiger partial charge in [-0.2, -0.15) is 0 Å². The normalized spacial score (nSPS) is 15.9. The van der Waals surface area contributed by atoms with E-state index >= 15 is 0 Å². The van der Waals surface area contributed by atoms with Crippen molar-refractivity contribution in [2.24, 2.45) is 4.99 Å². The van der Waals surface area contributed by atoms with Gasteiger partial charge in [-0.1, -0.05) is 36.4 Å². The zero-order valence-electron chi connectivity index (χ0n) is 28.0. The molecule has 2 aliphatic heterocycles. The molecule has 3 aromatic carbocycles. The second-order valence-electron chi connectivity index (χ2n) is 12.2. The van der Waals surface area contributed by atoms with E-state index in [1.54, 1.807) is 35.0 Å². The number of aromatic hydroxyl groups is 1. The molecule has 2 N–H and O–H groups in total. The largest absolute Gasteiger partial charge is 0.494 e. The maximum atomic E-state index is 13.9. The summed E-state index contributed by atoms with van der Waals surface area (Å²) in [5, 5.41) is 15.7. The first-order valence-electron chi connectivity index (χ1n) is 16.1. The Morgan fingerprint density at radius 1 is 0.898 bits per heavy atom. The lowest BCUT2D eigenvalue weighted by Gasteiger charge is -2.32. The van der Waals surface area contributed by atoms with Crippen LogP contribution in [0.4, 0.5) is 16.2 Å². The van der Waals surface area contributed by atoms with Crippen LogP contribution in [-0.4, -0.2) is 128 Å². The van der Waals surface area contributed by atoms with Crippen molar-refractivity contribution in [1.29, 1.82) is 0 Å². The number of halogens is 1. The number of anilines is 1. The molecule has 6 rings (SSSR count). The number of aromatic nitrogens is 1. The third-order valence-corrected chi connectivity index (χ3v) is 9.03. The lowest BCUT2D eigenvalue weighted by Crippen LogP contribution is -2.48. The number of hydrogen-bond acceptors (Lipinski definition) is 9. The van der Waals surface area contributed by atoms with Gasteiger partial charge in [0.2, 0.25) is 11.8 Å². The van der Waals surface area contributed by atoms with Crippen LogP contribution in [0.3, 0.4) is 0 Å². The molecule has 0 aliphatic carbocycles. The van der Waals surface area contributed by atoms with Crippen LogP contribution in [0.2, 0.25) is 0 Å². The summed E-state index contributed by atoms with van der Waals surface area (Å²) in [5.41, 5.74) is 3.49. The van der Waals surface area contributed by atoms with E-state index in [1.807, 2.05) is 54.6 Å². The fourth-order valence-corrected chi connectivity index (χ4v) is 6.13. The topological polar surface area (TPSA) is 123 Å². The summed E-state index contributed by atoms with van der Waals surface area (Å²) < 4.78 is 6.21. The molecule has 0 unspecified atom stereocenters. The third-order valence-electron chi connectivity index (χ3n) is 9.03. The molecule has 1 aromatic heterocycles. The summed E-state index contributed by atoms with van der Waals surface area (Å²) >= 11 is 0. The summed E-state index contributed by atoms with van der Waals surface area (Å²) in [4.78, 5) is 52.3. The molecule has 13 heteroatoms. The fourth-order valence-electron chi connectivity index (χ4n) is 6.13.